The maximum Gasteiger partial charge on any atom is 0.144 e. The van der Waals surface area contributed by atoms with Gasteiger partial charge in [0, 0.05) is 37.2 Å². The molecule has 136 valence electrons. The number of hydrogen-bond donors (Lipinski definition) is 0. The van der Waals surface area contributed by atoms with Gasteiger partial charge < -0.3 is 9.30 Å². The van der Waals surface area contributed by atoms with E-state index < -0.39 is 0 Å². The Kier molecular flexibility index (Phi) is 5.02. The molecule has 4 rings (SSSR count). The molecule has 3 heterocycles. The number of imidazole rings is 1. The van der Waals surface area contributed by atoms with Crippen molar-refractivity contribution in [2.24, 2.45) is 5.92 Å². The second-order valence-electron chi connectivity index (χ2n) is 6.94. The molecule has 0 unspecified atom stereocenters. The highest BCUT2D eigenvalue weighted by molar-refractivity contribution is 5.46. The molecule has 3 aromatic rings. The van der Waals surface area contributed by atoms with E-state index in [1.165, 1.54) is 18.4 Å². The van der Waals surface area contributed by atoms with Gasteiger partial charge in [-0.1, -0.05) is 12.1 Å². The van der Waals surface area contributed by atoms with Crippen LogP contribution in [-0.4, -0.2) is 44.4 Å². The summed E-state index contributed by atoms with van der Waals surface area (Å²) in [6, 6.07) is 7.96. The number of benzene rings is 1. The first-order valence-corrected chi connectivity index (χ1v) is 9.17. The van der Waals surface area contributed by atoms with E-state index in [0.717, 1.165) is 43.5 Å². The average Bonchev–Trinajstić information content (AvgIpc) is 3.35. The predicted octanol–water partition coefficient (Wildman–Crippen LogP) is 2.99. The van der Waals surface area contributed by atoms with Crippen LogP contribution in [0.3, 0.4) is 0 Å². The number of aromatic nitrogens is 4. The summed E-state index contributed by atoms with van der Waals surface area (Å²) in [5.41, 5.74) is 2.21. The zero-order valence-corrected chi connectivity index (χ0v) is 15.2. The second-order valence-corrected chi connectivity index (χ2v) is 6.94. The average molecular weight is 351 g/mol. The lowest BCUT2D eigenvalue weighted by Crippen LogP contribution is -2.34. The Morgan fingerprint density at radius 3 is 2.81 bits per heavy atom. The third-order valence-electron chi connectivity index (χ3n) is 5.11. The number of piperidine rings is 1. The molecule has 0 spiro atoms. The fourth-order valence-corrected chi connectivity index (χ4v) is 3.67. The zero-order valence-electron chi connectivity index (χ0n) is 15.2. The van der Waals surface area contributed by atoms with E-state index in [2.05, 4.69) is 31.9 Å². The van der Waals surface area contributed by atoms with Crippen LogP contribution in [0.2, 0.25) is 0 Å². The first-order valence-electron chi connectivity index (χ1n) is 9.17. The van der Waals surface area contributed by atoms with Gasteiger partial charge in [-0.3, -0.25) is 4.90 Å². The maximum absolute atomic E-state index is 5.44. The van der Waals surface area contributed by atoms with Crippen molar-refractivity contribution in [1.82, 2.24) is 24.2 Å². The Bertz CT molecular complexity index is 818. The van der Waals surface area contributed by atoms with Crippen LogP contribution in [0.1, 0.15) is 18.4 Å². The molecular weight excluding hydrogens is 326 g/mol. The Labute approximate surface area is 154 Å². The van der Waals surface area contributed by atoms with Crippen molar-refractivity contribution in [1.29, 1.82) is 0 Å². The molecule has 0 atom stereocenters. The molecular formula is C20H25N5O. The number of rotatable bonds is 6. The van der Waals surface area contributed by atoms with E-state index in [4.69, 9.17) is 4.74 Å². The van der Waals surface area contributed by atoms with Crippen LogP contribution in [-0.2, 0) is 13.1 Å². The highest BCUT2D eigenvalue weighted by atomic mass is 16.5. The third-order valence-corrected chi connectivity index (χ3v) is 5.11. The molecule has 1 fully saturated rings. The van der Waals surface area contributed by atoms with Crippen LogP contribution in [0.25, 0.3) is 5.69 Å². The van der Waals surface area contributed by atoms with Crippen molar-refractivity contribution in [3.63, 3.8) is 0 Å². The minimum Gasteiger partial charge on any atom is -0.494 e. The van der Waals surface area contributed by atoms with Crippen molar-refractivity contribution < 1.29 is 4.74 Å². The molecule has 6 nitrogen and oxygen atoms in total. The fourth-order valence-electron chi connectivity index (χ4n) is 3.67. The van der Waals surface area contributed by atoms with Gasteiger partial charge in [-0.2, -0.15) is 5.10 Å². The summed E-state index contributed by atoms with van der Waals surface area (Å²) in [5.74, 6) is 1.58. The van der Waals surface area contributed by atoms with Gasteiger partial charge in [0.25, 0.3) is 0 Å². The Balaban J connectivity index is 1.34. The molecule has 1 aliphatic heterocycles. The van der Waals surface area contributed by atoms with Gasteiger partial charge in [0.1, 0.15) is 11.4 Å². The molecule has 0 aliphatic carbocycles. The Hall–Kier alpha value is -2.60. The first-order chi connectivity index (χ1) is 12.8. The Morgan fingerprint density at radius 1 is 1.19 bits per heavy atom. The van der Waals surface area contributed by atoms with Crippen LogP contribution in [0, 0.1) is 5.92 Å². The summed E-state index contributed by atoms with van der Waals surface area (Å²) < 4.78 is 9.53. The molecule has 0 amide bonds. The van der Waals surface area contributed by atoms with Gasteiger partial charge in [-0.05, 0) is 44.0 Å². The summed E-state index contributed by atoms with van der Waals surface area (Å²) in [5, 5.41) is 4.53. The second kappa shape index (κ2) is 7.74. The zero-order chi connectivity index (χ0) is 17.8. The quantitative estimate of drug-likeness (QED) is 0.685. The third kappa shape index (κ3) is 3.80. The molecule has 0 bridgehead atoms. The maximum atomic E-state index is 5.44. The van der Waals surface area contributed by atoms with Crippen molar-refractivity contribution in [3.8, 4) is 11.4 Å². The summed E-state index contributed by atoms with van der Waals surface area (Å²) >= 11 is 0. The number of methoxy groups -OCH3 is 1. The lowest BCUT2D eigenvalue weighted by molar-refractivity contribution is 0.167. The van der Waals surface area contributed by atoms with Crippen molar-refractivity contribution >= 4 is 0 Å². The minimum atomic E-state index is 0.747. The van der Waals surface area contributed by atoms with Crippen molar-refractivity contribution in [2.75, 3.05) is 20.2 Å². The lowest BCUT2D eigenvalue weighted by Gasteiger charge is -2.31. The smallest absolute Gasteiger partial charge is 0.144 e. The minimum absolute atomic E-state index is 0.747. The van der Waals surface area contributed by atoms with Gasteiger partial charge >= 0.3 is 0 Å². The van der Waals surface area contributed by atoms with E-state index in [-0.39, 0.29) is 0 Å². The first kappa shape index (κ1) is 16.8. The highest BCUT2D eigenvalue weighted by Crippen LogP contribution is 2.23. The molecule has 0 saturated carbocycles. The van der Waals surface area contributed by atoms with E-state index in [0.29, 0.717) is 0 Å². The number of ether oxygens (including phenoxy) is 1. The predicted molar refractivity (Wildman–Crippen MR) is 100 cm³/mol. The largest absolute Gasteiger partial charge is 0.494 e. The molecule has 26 heavy (non-hydrogen) atoms. The van der Waals surface area contributed by atoms with Crippen molar-refractivity contribution in [3.05, 3.63) is 60.9 Å². The van der Waals surface area contributed by atoms with E-state index in [9.17, 15) is 0 Å². The van der Waals surface area contributed by atoms with Crippen LogP contribution in [0.15, 0.2) is 55.4 Å². The normalized spacial score (nSPS) is 16.0. The lowest BCUT2D eigenvalue weighted by atomic mass is 9.96. The molecule has 6 heteroatoms. The summed E-state index contributed by atoms with van der Waals surface area (Å²) in [4.78, 5) is 6.65. The van der Waals surface area contributed by atoms with Gasteiger partial charge in [-0.25, -0.2) is 9.67 Å². The molecule has 1 aromatic carbocycles. The summed E-state index contributed by atoms with van der Waals surface area (Å²) in [7, 11) is 1.69. The monoisotopic (exact) mass is 351 g/mol. The molecule has 0 radical (unpaired) electrons. The summed E-state index contributed by atoms with van der Waals surface area (Å²) in [6.45, 7) is 4.31. The topological polar surface area (TPSA) is 48.1 Å². The molecule has 0 N–H and O–H groups in total. The number of hydrogen-bond acceptors (Lipinski definition) is 4. The van der Waals surface area contributed by atoms with Gasteiger partial charge in [0.2, 0.25) is 0 Å². The SMILES string of the molecule is COc1ccccc1-n1cc(CN2CCC(Cn3ccnc3)CC2)cn1. The number of para-hydroxylation sites is 2. The van der Waals surface area contributed by atoms with E-state index in [1.54, 1.807) is 7.11 Å². The van der Waals surface area contributed by atoms with E-state index >= 15 is 0 Å². The van der Waals surface area contributed by atoms with Gasteiger partial charge in [-0.15, -0.1) is 0 Å². The van der Waals surface area contributed by atoms with Crippen LogP contribution in [0.4, 0.5) is 0 Å². The van der Waals surface area contributed by atoms with E-state index in [1.807, 2.05) is 47.7 Å². The standard InChI is InChI=1S/C20H25N5O/c1-26-20-5-3-2-4-19(20)25-15-18(12-22-25)14-23-9-6-17(7-10-23)13-24-11-8-21-16-24/h2-5,8,11-12,15-17H,6-7,9-10,13-14H2,1H3. The van der Waals surface area contributed by atoms with Crippen molar-refractivity contribution in [2.45, 2.75) is 25.9 Å². The van der Waals surface area contributed by atoms with Gasteiger partial charge in [0.15, 0.2) is 0 Å². The van der Waals surface area contributed by atoms with Gasteiger partial charge in [0.05, 0.1) is 19.6 Å². The van der Waals surface area contributed by atoms with Crippen LogP contribution >= 0.6 is 0 Å². The number of nitrogens with zero attached hydrogens (tertiary/aromatic N) is 5. The molecule has 1 aliphatic rings. The molecule has 2 aromatic heterocycles. The fraction of sp³-hybridized carbons (Fsp3) is 0.400. The molecule has 1 saturated heterocycles. The highest BCUT2D eigenvalue weighted by Gasteiger charge is 2.20. The Morgan fingerprint density at radius 2 is 2.04 bits per heavy atom. The summed E-state index contributed by atoms with van der Waals surface area (Å²) in [6.07, 6.45) is 12.4. The van der Waals surface area contributed by atoms with Crippen LogP contribution in [0.5, 0.6) is 5.75 Å². The van der Waals surface area contributed by atoms with Crippen LogP contribution < -0.4 is 4.74 Å². The number of likely N-dealkylation sites (tertiary alicyclic amines) is 1.